The fraction of sp³-hybridized carbons (Fsp3) is 0.182. The third-order valence-electron chi connectivity index (χ3n) is 2.06. The highest BCUT2D eigenvalue weighted by Crippen LogP contribution is 2.27. The van der Waals surface area contributed by atoms with Crippen molar-refractivity contribution in [2.24, 2.45) is 0 Å². The molecule has 3 heteroatoms. The third-order valence-corrected chi connectivity index (χ3v) is 2.06. The van der Waals surface area contributed by atoms with E-state index in [0.29, 0.717) is 5.56 Å². The van der Waals surface area contributed by atoms with Crippen molar-refractivity contribution in [3.63, 3.8) is 0 Å². The van der Waals surface area contributed by atoms with Gasteiger partial charge in [0.1, 0.15) is 0 Å². The molecular weight excluding hydrogens is 178 g/mol. The van der Waals surface area contributed by atoms with E-state index >= 15 is 0 Å². The van der Waals surface area contributed by atoms with Gasteiger partial charge in [-0.3, -0.25) is 10.1 Å². The molecule has 0 N–H and O–H groups in total. The maximum atomic E-state index is 10.7. The lowest BCUT2D eigenvalue weighted by Crippen LogP contribution is -1.98. The summed E-state index contributed by atoms with van der Waals surface area (Å²) >= 11 is 0. The Morgan fingerprint density at radius 3 is 2.71 bits per heavy atom. The number of hydrogen-bond acceptors (Lipinski definition) is 2. The quantitative estimate of drug-likeness (QED) is 0.417. The number of nitrogens with zero attached hydrogens (tertiary/aromatic N) is 1. The average Bonchev–Trinajstić information content (AvgIpc) is 2.16. The number of nitro groups is 1. The zero-order valence-corrected chi connectivity index (χ0v) is 8.06. The molecule has 0 spiro atoms. The highest BCUT2D eigenvalue weighted by molar-refractivity contribution is 5.46. The summed E-state index contributed by atoms with van der Waals surface area (Å²) in [7, 11) is 0. The van der Waals surface area contributed by atoms with E-state index < -0.39 is 4.92 Å². The van der Waals surface area contributed by atoms with Gasteiger partial charge in [-0.15, -0.1) is 6.58 Å². The molecule has 0 aliphatic rings. The number of hydrogen-bond donors (Lipinski definition) is 0. The summed E-state index contributed by atoms with van der Waals surface area (Å²) < 4.78 is 0. The van der Waals surface area contributed by atoms with E-state index in [9.17, 15) is 10.1 Å². The van der Waals surface area contributed by atoms with Crippen molar-refractivity contribution in [2.75, 3.05) is 0 Å². The van der Waals surface area contributed by atoms with E-state index in [4.69, 9.17) is 0 Å². The summed E-state index contributed by atoms with van der Waals surface area (Å²) in [5, 5.41) is 10.7. The van der Waals surface area contributed by atoms with Gasteiger partial charge in [0.25, 0.3) is 5.69 Å². The van der Waals surface area contributed by atoms with Crippen LogP contribution in [0.3, 0.4) is 0 Å². The maximum Gasteiger partial charge on any atom is 0.273 e. The molecule has 0 aliphatic carbocycles. The summed E-state index contributed by atoms with van der Waals surface area (Å²) in [6, 6.07) is 5.00. The van der Waals surface area contributed by atoms with Crippen LogP contribution in [-0.4, -0.2) is 4.92 Å². The lowest BCUT2D eigenvalue weighted by Gasteiger charge is -2.07. The van der Waals surface area contributed by atoms with Gasteiger partial charge in [-0.05, 0) is 19.9 Å². The standard InChI is InChI=1S/C11H12NO2/c1-4-9(3)10-7-8(2)5-6-11(10)12(13)14/h4-7,9H,1,3H2,2H3. The molecule has 1 aromatic rings. The Morgan fingerprint density at radius 2 is 2.21 bits per heavy atom. The lowest BCUT2D eigenvalue weighted by molar-refractivity contribution is -0.385. The van der Waals surface area contributed by atoms with Crippen LogP contribution in [0.5, 0.6) is 0 Å². The Morgan fingerprint density at radius 1 is 1.57 bits per heavy atom. The lowest BCUT2D eigenvalue weighted by atomic mass is 9.97. The Balaban J connectivity index is 3.29. The van der Waals surface area contributed by atoms with Gasteiger partial charge in [-0.1, -0.05) is 17.7 Å². The summed E-state index contributed by atoms with van der Waals surface area (Å²) in [5.74, 6) is -0.240. The molecule has 1 unspecified atom stereocenters. The SMILES string of the molecule is [CH2]C(C=C)c1cc(C)ccc1[N+](=O)[O-]. The van der Waals surface area contributed by atoms with E-state index in [0.717, 1.165) is 5.56 Å². The van der Waals surface area contributed by atoms with Crippen molar-refractivity contribution in [1.82, 2.24) is 0 Å². The first-order valence-electron chi connectivity index (χ1n) is 4.27. The van der Waals surface area contributed by atoms with E-state index in [-0.39, 0.29) is 11.6 Å². The van der Waals surface area contributed by atoms with Crippen LogP contribution in [0.1, 0.15) is 17.0 Å². The molecule has 0 heterocycles. The molecule has 0 saturated carbocycles. The number of rotatable bonds is 3. The smallest absolute Gasteiger partial charge is 0.258 e. The van der Waals surface area contributed by atoms with Crippen molar-refractivity contribution in [3.8, 4) is 0 Å². The number of benzene rings is 1. The molecule has 73 valence electrons. The van der Waals surface area contributed by atoms with Crippen molar-refractivity contribution in [3.05, 3.63) is 59.0 Å². The van der Waals surface area contributed by atoms with Gasteiger partial charge in [0, 0.05) is 17.5 Å². The Kier molecular flexibility index (Phi) is 3.02. The molecule has 1 radical (unpaired) electrons. The Hall–Kier alpha value is -1.64. The van der Waals surface area contributed by atoms with Gasteiger partial charge in [0.15, 0.2) is 0 Å². The van der Waals surface area contributed by atoms with Crippen LogP contribution in [0.2, 0.25) is 0 Å². The second-order valence-corrected chi connectivity index (χ2v) is 3.16. The topological polar surface area (TPSA) is 43.1 Å². The normalized spacial score (nSPS) is 12.1. The van der Waals surface area contributed by atoms with Crippen LogP contribution in [0.25, 0.3) is 0 Å². The van der Waals surface area contributed by atoms with Crippen LogP contribution in [-0.2, 0) is 0 Å². The fourth-order valence-corrected chi connectivity index (χ4v) is 1.26. The van der Waals surface area contributed by atoms with Crippen LogP contribution < -0.4 is 0 Å². The highest BCUT2D eigenvalue weighted by atomic mass is 16.6. The van der Waals surface area contributed by atoms with Crippen LogP contribution >= 0.6 is 0 Å². The largest absolute Gasteiger partial charge is 0.273 e. The monoisotopic (exact) mass is 190 g/mol. The summed E-state index contributed by atoms with van der Waals surface area (Å²) in [5.41, 5.74) is 1.71. The molecule has 0 fully saturated rings. The van der Waals surface area contributed by atoms with Gasteiger partial charge < -0.3 is 0 Å². The fourth-order valence-electron chi connectivity index (χ4n) is 1.26. The van der Waals surface area contributed by atoms with E-state index in [1.165, 1.54) is 6.07 Å². The predicted molar refractivity (Wildman–Crippen MR) is 56.1 cm³/mol. The second kappa shape index (κ2) is 4.05. The molecule has 14 heavy (non-hydrogen) atoms. The average molecular weight is 190 g/mol. The summed E-state index contributed by atoms with van der Waals surface area (Å²) in [6.07, 6.45) is 1.60. The van der Waals surface area contributed by atoms with Crippen molar-refractivity contribution in [2.45, 2.75) is 12.8 Å². The van der Waals surface area contributed by atoms with E-state index in [2.05, 4.69) is 13.5 Å². The number of allylic oxidation sites excluding steroid dienone is 1. The van der Waals surface area contributed by atoms with Gasteiger partial charge in [0.05, 0.1) is 4.92 Å². The minimum absolute atomic E-state index is 0.107. The first-order chi connectivity index (χ1) is 6.56. The molecule has 0 bridgehead atoms. The molecule has 1 atom stereocenters. The summed E-state index contributed by atoms with van der Waals surface area (Å²) in [6.45, 7) is 9.26. The minimum atomic E-state index is -0.392. The molecule has 1 aromatic carbocycles. The predicted octanol–water partition coefficient (Wildman–Crippen LogP) is 3.01. The minimum Gasteiger partial charge on any atom is -0.258 e. The highest BCUT2D eigenvalue weighted by Gasteiger charge is 2.16. The Bertz CT molecular complexity index is 372. The second-order valence-electron chi connectivity index (χ2n) is 3.16. The van der Waals surface area contributed by atoms with Gasteiger partial charge in [-0.2, -0.15) is 0 Å². The van der Waals surface area contributed by atoms with E-state index in [1.807, 2.05) is 6.92 Å². The van der Waals surface area contributed by atoms with E-state index in [1.54, 1.807) is 18.2 Å². The number of aryl methyl sites for hydroxylation is 1. The molecule has 0 amide bonds. The molecule has 1 rings (SSSR count). The van der Waals surface area contributed by atoms with Crippen molar-refractivity contribution < 1.29 is 4.92 Å². The van der Waals surface area contributed by atoms with Gasteiger partial charge in [-0.25, -0.2) is 0 Å². The zero-order valence-electron chi connectivity index (χ0n) is 8.06. The van der Waals surface area contributed by atoms with Crippen LogP contribution in [0.15, 0.2) is 30.9 Å². The first-order valence-corrected chi connectivity index (χ1v) is 4.27. The van der Waals surface area contributed by atoms with Crippen LogP contribution in [0, 0.1) is 24.0 Å². The van der Waals surface area contributed by atoms with Gasteiger partial charge in [0.2, 0.25) is 0 Å². The van der Waals surface area contributed by atoms with Crippen molar-refractivity contribution in [1.29, 1.82) is 0 Å². The van der Waals surface area contributed by atoms with Gasteiger partial charge >= 0.3 is 0 Å². The third kappa shape index (κ3) is 1.99. The first kappa shape index (κ1) is 10.4. The van der Waals surface area contributed by atoms with Crippen molar-refractivity contribution >= 4 is 5.69 Å². The molecular formula is C11H12NO2. The summed E-state index contributed by atoms with van der Waals surface area (Å²) in [4.78, 5) is 10.3. The molecule has 0 aromatic heterocycles. The molecule has 3 nitrogen and oxygen atoms in total. The molecule has 0 aliphatic heterocycles. The maximum absolute atomic E-state index is 10.7. The number of nitro benzene ring substituents is 1. The molecule has 0 saturated heterocycles. The van der Waals surface area contributed by atoms with Crippen LogP contribution in [0.4, 0.5) is 5.69 Å². The zero-order chi connectivity index (χ0) is 10.7. The Labute approximate surface area is 83.2 Å².